The zero-order valence-electron chi connectivity index (χ0n) is 11.4. The molecular weight excluding hydrogens is 230 g/mol. The summed E-state index contributed by atoms with van der Waals surface area (Å²) in [4.78, 5) is 0. The highest BCUT2D eigenvalue weighted by atomic mass is 16.5. The molecule has 18 heavy (non-hydrogen) atoms. The summed E-state index contributed by atoms with van der Waals surface area (Å²) in [6, 6.07) is 5.83. The lowest BCUT2D eigenvalue weighted by Gasteiger charge is -2.37. The third-order valence-corrected chi connectivity index (χ3v) is 3.13. The molecular formula is C14H21NO3. The average molecular weight is 251 g/mol. The topological polar surface area (TPSA) is 39.7 Å². The van der Waals surface area contributed by atoms with Gasteiger partial charge in [0.2, 0.25) is 0 Å². The van der Waals surface area contributed by atoms with Gasteiger partial charge in [0.15, 0.2) is 0 Å². The summed E-state index contributed by atoms with van der Waals surface area (Å²) < 4.78 is 16.7. The molecule has 1 aliphatic heterocycles. The second kappa shape index (κ2) is 5.16. The minimum atomic E-state index is -0.159. The molecule has 1 saturated heterocycles. The number of hydrogen-bond donors (Lipinski definition) is 1. The Morgan fingerprint density at radius 1 is 1.28 bits per heavy atom. The van der Waals surface area contributed by atoms with Gasteiger partial charge in [-0.05, 0) is 26.0 Å². The Hall–Kier alpha value is -1.26. The van der Waals surface area contributed by atoms with Gasteiger partial charge in [-0.15, -0.1) is 0 Å². The maximum atomic E-state index is 6.09. The predicted molar refractivity (Wildman–Crippen MR) is 70.3 cm³/mol. The predicted octanol–water partition coefficient (Wildman–Crippen LogP) is 2.14. The van der Waals surface area contributed by atoms with Crippen molar-refractivity contribution in [1.82, 2.24) is 5.32 Å². The molecule has 1 N–H and O–H groups in total. The second-order valence-corrected chi connectivity index (χ2v) is 5.10. The monoisotopic (exact) mass is 251 g/mol. The normalized spacial score (nSPS) is 22.6. The van der Waals surface area contributed by atoms with Gasteiger partial charge in [-0.25, -0.2) is 0 Å². The van der Waals surface area contributed by atoms with Crippen molar-refractivity contribution in [2.75, 3.05) is 27.3 Å². The molecule has 0 bridgehead atoms. The van der Waals surface area contributed by atoms with Crippen LogP contribution in [0.15, 0.2) is 18.2 Å². The number of morpholine rings is 1. The van der Waals surface area contributed by atoms with Crippen molar-refractivity contribution in [3.63, 3.8) is 0 Å². The maximum absolute atomic E-state index is 6.09. The van der Waals surface area contributed by atoms with Gasteiger partial charge in [0.1, 0.15) is 11.5 Å². The van der Waals surface area contributed by atoms with E-state index in [2.05, 4.69) is 19.2 Å². The number of nitrogens with one attached hydrogen (secondary N) is 1. The van der Waals surface area contributed by atoms with Gasteiger partial charge < -0.3 is 19.5 Å². The standard InChI is InChI=1S/C14H21NO3/c1-14(2)9-15-8-13(18-14)11-6-5-10(16-3)7-12(11)17-4/h5-7,13,15H,8-9H2,1-4H3. The van der Waals surface area contributed by atoms with Crippen molar-refractivity contribution in [2.24, 2.45) is 0 Å². The first-order valence-electron chi connectivity index (χ1n) is 6.16. The Bertz CT molecular complexity index is 418. The van der Waals surface area contributed by atoms with Crippen molar-refractivity contribution in [3.05, 3.63) is 23.8 Å². The number of ether oxygens (including phenoxy) is 3. The van der Waals surface area contributed by atoms with Gasteiger partial charge in [-0.2, -0.15) is 0 Å². The van der Waals surface area contributed by atoms with Gasteiger partial charge in [0, 0.05) is 24.7 Å². The fourth-order valence-corrected chi connectivity index (χ4v) is 2.23. The number of benzene rings is 1. The van der Waals surface area contributed by atoms with E-state index < -0.39 is 0 Å². The molecule has 0 aliphatic carbocycles. The summed E-state index contributed by atoms with van der Waals surface area (Å²) in [5, 5.41) is 3.39. The highest BCUT2D eigenvalue weighted by Gasteiger charge is 2.30. The lowest BCUT2D eigenvalue weighted by atomic mass is 10.0. The fourth-order valence-electron chi connectivity index (χ4n) is 2.23. The smallest absolute Gasteiger partial charge is 0.128 e. The third kappa shape index (κ3) is 2.76. The molecule has 100 valence electrons. The molecule has 2 rings (SSSR count). The van der Waals surface area contributed by atoms with Crippen LogP contribution in [0.2, 0.25) is 0 Å². The lowest BCUT2D eigenvalue weighted by Crippen LogP contribution is -2.46. The van der Waals surface area contributed by atoms with E-state index in [1.807, 2.05) is 18.2 Å². The molecule has 1 unspecified atom stereocenters. The Balaban J connectivity index is 2.27. The van der Waals surface area contributed by atoms with Gasteiger partial charge in [0.25, 0.3) is 0 Å². The van der Waals surface area contributed by atoms with E-state index in [4.69, 9.17) is 14.2 Å². The van der Waals surface area contributed by atoms with Gasteiger partial charge in [0.05, 0.1) is 25.9 Å². The molecule has 1 aromatic rings. The second-order valence-electron chi connectivity index (χ2n) is 5.10. The fraction of sp³-hybridized carbons (Fsp3) is 0.571. The van der Waals surface area contributed by atoms with E-state index in [-0.39, 0.29) is 11.7 Å². The maximum Gasteiger partial charge on any atom is 0.128 e. The molecule has 4 heteroatoms. The average Bonchev–Trinajstić information content (AvgIpc) is 2.36. The molecule has 0 radical (unpaired) electrons. The quantitative estimate of drug-likeness (QED) is 0.893. The van der Waals surface area contributed by atoms with E-state index in [0.717, 1.165) is 30.2 Å². The Kier molecular flexibility index (Phi) is 3.78. The third-order valence-electron chi connectivity index (χ3n) is 3.13. The highest BCUT2D eigenvalue weighted by Crippen LogP contribution is 2.34. The molecule has 4 nitrogen and oxygen atoms in total. The van der Waals surface area contributed by atoms with Crippen LogP contribution in [-0.2, 0) is 4.74 Å². The number of hydrogen-bond acceptors (Lipinski definition) is 4. The van der Waals surface area contributed by atoms with Crippen molar-refractivity contribution in [2.45, 2.75) is 25.6 Å². The molecule has 0 amide bonds. The van der Waals surface area contributed by atoms with Crippen LogP contribution in [0.3, 0.4) is 0 Å². The minimum Gasteiger partial charge on any atom is -0.497 e. The zero-order chi connectivity index (χ0) is 13.2. The first-order chi connectivity index (χ1) is 8.55. The molecule has 1 aromatic carbocycles. The zero-order valence-corrected chi connectivity index (χ0v) is 11.4. The lowest BCUT2D eigenvalue weighted by molar-refractivity contribution is -0.0964. The molecule has 1 atom stereocenters. The van der Waals surface area contributed by atoms with E-state index in [0.29, 0.717) is 0 Å². The van der Waals surface area contributed by atoms with Crippen molar-refractivity contribution < 1.29 is 14.2 Å². The molecule has 0 aromatic heterocycles. The van der Waals surface area contributed by atoms with E-state index >= 15 is 0 Å². The van der Waals surface area contributed by atoms with Gasteiger partial charge >= 0.3 is 0 Å². The highest BCUT2D eigenvalue weighted by molar-refractivity contribution is 5.42. The van der Waals surface area contributed by atoms with Crippen LogP contribution in [0.25, 0.3) is 0 Å². The number of rotatable bonds is 3. The summed E-state index contributed by atoms with van der Waals surface area (Å²) >= 11 is 0. The minimum absolute atomic E-state index is 0.00889. The molecule has 0 saturated carbocycles. The molecule has 1 aliphatic rings. The summed E-state index contributed by atoms with van der Waals surface area (Å²) in [6.07, 6.45) is 0.00889. The van der Waals surface area contributed by atoms with Gasteiger partial charge in [-0.1, -0.05) is 0 Å². The van der Waals surface area contributed by atoms with Crippen LogP contribution in [0.5, 0.6) is 11.5 Å². The Morgan fingerprint density at radius 2 is 2.06 bits per heavy atom. The van der Waals surface area contributed by atoms with Crippen LogP contribution in [-0.4, -0.2) is 32.9 Å². The van der Waals surface area contributed by atoms with Crippen LogP contribution >= 0.6 is 0 Å². The summed E-state index contributed by atoms with van der Waals surface area (Å²) in [5.41, 5.74) is 0.895. The van der Waals surface area contributed by atoms with E-state index in [1.54, 1.807) is 14.2 Å². The van der Waals surface area contributed by atoms with Crippen molar-refractivity contribution >= 4 is 0 Å². The van der Waals surface area contributed by atoms with E-state index in [9.17, 15) is 0 Å². The molecule has 1 fully saturated rings. The Morgan fingerprint density at radius 3 is 2.67 bits per heavy atom. The largest absolute Gasteiger partial charge is 0.497 e. The Labute approximate surface area is 108 Å². The van der Waals surface area contributed by atoms with Gasteiger partial charge in [-0.3, -0.25) is 0 Å². The van der Waals surface area contributed by atoms with Crippen LogP contribution in [0, 0.1) is 0 Å². The summed E-state index contributed by atoms with van der Waals surface area (Å²) in [6.45, 7) is 5.83. The molecule has 0 spiro atoms. The first-order valence-corrected chi connectivity index (χ1v) is 6.16. The van der Waals surface area contributed by atoms with Crippen molar-refractivity contribution in [3.8, 4) is 11.5 Å². The van der Waals surface area contributed by atoms with Crippen LogP contribution in [0.1, 0.15) is 25.5 Å². The van der Waals surface area contributed by atoms with Crippen LogP contribution in [0.4, 0.5) is 0 Å². The molecule has 1 heterocycles. The van der Waals surface area contributed by atoms with Crippen LogP contribution < -0.4 is 14.8 Å². The first kappa shape index (κ1) is 13.2. The summed E-state index contributed by atoms with van der Waals surface area (Å²) in [7, 11) is 3.32. The SMILES string of the molecule is COc1ccc(C2CNCC(C)(C)O2)c(OC)c1. The number of methoxy groups -OCH3 is 2. The summed E-state index contributed by atoms with van der Waals surface area (Å²) in [5.74, 6) is 1.59. The van der Waals surface area contributed by atoms with E-state index in [1.165, 1.54) is 0 Å². The van der Waals surface area contributed by atoms with Crippen molar-refractivity contribution in [1.29, 1.82) is 0 Å².